The SMILES string of the molecule is Cc1cc(C(C)(C)O)cc(S(=O)(=O)NC(=O)Cc2c(C(C)C)cc(F)cc2C(C)CCC(C)c2cc(F)cc(C(C)CCC(C)c3cc(F)cc(C(C)C)c3CC(=O)NS(=O)(=O)c3cccc(C(C)(C)O)c3C)c2CC(=O)NS(=O)(=O)c2ccc(C)c(C(C)(C)O)c2)c1. The van der Waals surface area contributed by atoms with Gasteiger partial charge in [-0.1, -0.05) is 79.7 Å². The molecule has 0 fully saturated rings. The maximum absolute atomic E-state index is 16.5. The largest absolute Gasteiger partial charge is 0.386 e. The van der Waals surface area contributed by atoms with Gasteiger partial charge in [0.15, 0.2) is 0 Å². The fourth-order valence-electron chi connectivity index (χ4n) is 12.5. The molecular weight excluding hydrogens is 1250 g/mol. The molecule has 0 aromatic heterocycles. The van der Waals surface area contributed by atoms with Gasteiger partial charge in [0.05, 0.1) is 50.8 Å². The highest BCUT2D eigenvalue weighted by atomic mass is 32.2. The van der Waals surface area contributed by atoms with Gasteiger partial charge in [-0.2, -0.15) is 0 Å². The Hall–Kier alpha value is -6.75. The topological polar surface area (TPSA) is 250 Å². The predicted octanol–water partition coefficient (Wildman–Crippen LogP) is 13.5. The number of benzene rings is 6. The van der Waals surface area contributed by atoms with Gasteiger partial charge in [0.2, 0.25) is 17.7 Å². The maximum atomic E-state index is 16.5. The summed E-state index contributed by atoms with van der Waals surface area (Å²) >= 11 is 0. The molecule has 15 nitrogen and oxygen atoms in total. The number of carbonyl (C=O) groups excluding carboxylic acids is 3. The minimum absolute atomic E-state index is 0.200. The van der Waals surface area contributed by atoms with E-state index in [4.69, 9.17) is 0 Å². The summed E-state index contributed by atoms with van der Waals surface area (Å²) < 4.78 is 138. The predicted molar refractivity (Wildman–Crippen MR) is 356 cm³/mol. The smallest absolute Gasteiger partial charge is 0.264 e. The van der Waals surface area contributed by atoms with Crippen LogP contribution in [0, 0.1) is 38.2 Å². The molecule has 0 aliphatic carbocycles. The molecule has 506 valence electrons. The maximum Gasteiger partial charge on any atom is 0.264 e. The van der Waals surface area contributed by atoms with Crippen LogP contribution >= 0.6 is 0 Å². The lowest BCUT2D eigenvalue weighted by molar-refractivity contribution is -0.119. The molecule has 0 radical (unpaired) electrons. The zero-order valence-electron chi connectivity index (χ0n) is 56.4. The first-order valence-corrected chi connectivity index (χ1v) is 35.8. The summed E-state index contributed by atoms with van der Waals surface area (Å²) in [6.07, 6.45) is -0.302. The number of hydrogen-bond donors (Lipinski definition) is 6. The molecule has 6 aromatic rings. The molecule has 21 heteroatoms. The van der Waals surface area contributed by atoms with Gasteiger partial charge in [0, 0.05) is 0 Å². The van der Waals surface area contributed by atoms with Crippen LogP contribution in [0.25, 0.3) is 0 Å². The normalized spacial score (nSPS) is 14.0. The summed E-state index contributed by atoms with van der Waals surface area (Å²) in [5.74, 6) is -7.30. The van der Waals surface area contributed by atoms with Gasteiger partial charge < -0.3 is 15.3 Å². The molecule has 3 amide bonds. The second-order valence-electron chi connectivity index (χ2n) is 27.5. The first-order chi connectivity index (χ1) is 42.7. The molecule has 0 heterocycles. The number of sulfonamides is 3. The monoisotopic (exact) mass is 1340 g/mol. The van der Waals surface area contributed by atoms with E-state index in [1.54, 1.807) is 26.0 Å². The number of aliphatic hydroxyl groups is 3. The van der Waals surface area contributed by atoms with Crippen molar-refractivity contribution in [2.24, 2.45) is 0 Å². The van der Waals surface area contributed by atoms with Gasteiger partial charge in [-0.25, -0.2) is 52.6 Å². The van der Waals surface area contributed by atoms with Gasteiger partial charge in [0.1, 0.15) is 17.5 Å². The molecule has 6 aromatic carbocycles. The Morgan fingerprint density at radius 3 is 1.15 bits per heavy atom. The van der Waals surface area contributed by atoms with Crippen LogP contribution in [0.4, 0.5) is 13.2 Å². The first kappa shape index (κ1) is 75.3. The summed E-state index contributed by atoms with van der Waals surface area (Å²) in [6, 6.07) is 20.6. The molecule has 0 spiro atoms. The van der Waals surface area contributed by atoms with Crippen LogP contribution in [-0.2, 0) is 80.5 Å². The Morgan fingerprint density at radius 2 is 0.785 bits per heavy atom. The van der Waals surface area contributed by atoms with Crippen LogP contribution in [0.3, 0.4) is 0 Å². The molecule has 6 rings (SSSR count). The third-order valence-electron chi connectivity index (χ3n) is 17.5. The van der Waals surface area contributed by atoms with Crippen molar-refractivity contribution in [3.05, 3.63) is 192 Å². The van der Waals surface area contributed by atoms with Crippen LogP contribution in [0.2, 0.25) is 0 Å². The van der Waals surface area contributed by atoms with Crippen LogP contribution in [-0.4, -0.2) is 58.3 Å². The molecule has 0 bridgehead atoms. The number of amides is 3. The van der Waals surface area contributed by atoms with Crippen molar-refractivity contribution in [3.8, 4) is 0 Å². The van der Waals surface area contributed by atoms with Crippen LogP contribution in [0.5, 0.6) is 0 Å². The third-order valence-corrected chi connectivity index (χ3v) is 21.8. The second kappa shape index (κ2) is 29.1. The van der Waals surface area contributed by atoms with E-state index < -0.39 is 125 Å². The standard InChI is InChI=1S/C72H92F3N3O12S3/c1-40(2)55-30-50(73)32-57(61(55)37-67(79)77-92(87,88)54-28-42(5)27-49(29-54)70(12,13)82)43(6)21-23-45(8)59-34-52(75)35-60(63(59)39-68(80)76-91(85,86)53-26-25-47(10)65(36-53)72(16,17)84)46(9)24-22-44(7)58-33-51(74)31-56(41(3)4)62(58)38-69(81)78-93(89,90)66-20-18-19-64(48(66)11)71(14,15)83/h18-20,25-36,40-41,43-46,82-84H,21-24,37-39H2,1-17H3,(H,76,80)(H,77,79)(H,78,81). The molecule has 0 saturated carbocycles. The van der Waals surface area contributed by atoms with E-state index in [1.165, 1.54) is 127 Å². The Bertz CT molecular complexity index is 4170. The number of carbonyl (C=O) groups is 3. The number of rotatable bonds is 27. The molecule has 4 unspecified atom stereocenters. The lowest BCUT2D eigenvalue weighted by Gasteiger charge is -2.26. The van der Waals surface area contributed by atoms with E-state index in [-0.39, 0.29) is 44.9 Å². The van der Waals surface area contributed by atoms with Crippen LogP contribution < -0.4 is 14.2 Å². The second-order valence-corrected chi connectivity index (χ2v) is 32.5. The Morgan fingerprint density at radius 1 is 0.430 bits per heavy atom. The summed E-state index contributed by atoms with van der Waals surface area (Å²) in [5, 5.41) is 32.3. The molecule has 0 aliphatic rings. The molecular formula is C72H92F3N3O12S3. The number of hydrogen-bond acceptors (Lipinski definition) is 12. The van der Waals surface area contributed by atoms with E-state index in [0.717, 1.165) is 0 Å². The van der Waals surface area contributed by atoms with Gasteiger partial charge in [0.25, 0.3) is 30.1 Å². The Kier molecular flexibility index (Phi) is 23.5. The van der Waals surface area contributed by atoms with Gasteiger partial charge in [-0.15, -0.1) is 0 Å². The highest BCUT2D eigenvalue weighted by Gasteiger charge is 2.32. The van der Waals surface area contributed by atoms with Crippen molar-refractivity contribution in [3.63, 3.8) is 0 Å². The third kappa shape index (κ3) is 18.8. The van der Waals surface area contributed by atoms with E-state index in [0.29, 0.717) is 90.7 Å². The van der Waals surface area contributed by atoms with E-state index in [9.17, 15) is 55.0 Å². The van der Waals surface area contributed by atoms with Gasteiger partial charge >= 0.3 is 0 Å². The highest BCUT2D eigenvalue weighted by molar-refractivity contribution is 7.90. The van der Waals surface area contributed by atoms with Gasteiger partial charge in [-0.3, -0.25) is 14.4 Å². The lowest BCUT2D eigenvalue weighted by atomic mass is 9.79. The number of aryl methyl sites for hydroxylation is 2. The highest BCUT2D eigenvalue weighted by Crippen LogP contribution is 2.40. The first-order valence-electron chi connectivity index (χ1n) is 31.4. The van der Waals surface area contributed by atoms with Crippen molar-refractivity contribution in [1.82, 2.24) is 14.2 Å². The molecule has 6 N–H and O–H groups in total. The number of halogens is 3. The summed E-state index contributed by atoms with van der Waals surface area (Å²) in [6.45, 7) is 28.5. The molecule has 0 saturated heterocycles. The summed E-state index contributed by atoms with van der Waals surface area (Å²) in [5.41, 5.74) is 1.91. The zero-order chi connectivity index (χ0) is 70.0. The fraction of sp³-hybridized carbons (Fsp3) is 0.458. The molecule has 0 aliphatic heterocycles. The lowest BCUT2D eigenvalue weighted by Crippen LogP contribution is -2.33. The van der Waals surface area contributed by atoms with Crippen LogP contribution in [0.15, 0.2) is 106 Å². The summed E-state index contributed by atoms with van der Waals surface area (Å²) in [7, 11) is -13.5. The summed E-state index contributed by atoms with van der Waals surface area (Å²) in [4.78, 5) is 41.5. The van der Waals surface area contributed by atoms with Crippen molar-refractivity contribution in [2.75, 3.05) is 0 Å². The minimum atomic E-state index is -4.57. The quantitative estimate of drug-likeness (QED) is 0.0282. The van der Waals surface area contributed by atoms with E-state index in [1.807, 2.05) is 55.4 Å². The van der Waals surface area contributed by atoms with Gasteiger partial charge in [-0.05, 0) is 274 Å². The van der Waals surface area contributed by atoms with Crippen molar-refractivity contribution >= 4 is 47.8 Å². The molecule has 4 atom stereocenters. The molecule has 93 heavy (non-hydrogen) atoms. The zero-order valence-corrected chi connectivity index (χ0v) is 58.9. The average Bonchev–Trinajstić information content (AvgIpc) is 0.822. The Labute approximate surface area is 548 Å². The van der Waals surface area contributed by atoms with Crippen molar-refractivity contribution in [1.29, 1.82) is 0 Å². The fourth-order valence-corrected chi connectivity index (χ4v) is 15.9. The minimum Gasteiger partial charge on any atom is -0.386 e. The van der Waals surface area contributed by atoms with Crippen molar-refractivity contribution < 1.29 is 68.1 Å². The van der Waals surface area contributed by atoms with E-state index >= 15 is 13.2 Å². The average molecular weight is 1340 g/mol. The van der Waals surface area contributed by atoms with Crippen molar-refractivity contribution in [2.45, 2.75) is 230 Å². The number of nitrogens with one attached hydrogen (secondary N) is 3. The van der Waals surface area contributed by atoms with Crippen LogP contribution in [0.1, 0.15) is 242 Å². The Balaban J connectivity index is 1.34. The van der Waals surface area contributed by atoms with E-state index in [2.05, 4.69) is 14.2 Å².